The fraction of sp³-hybridized carbons (Fsp3) is 0.571. The number of hydrogen-bond donors (Lipinski definition) is 2. The average molecular weight is 435 g/mol. The van der Waals surface area contributed by atoms with Crippen molar-refractivity contribution < 1.29 is 18.0 Å². The molecule has 1 aromatic rings. The molecule has 164 valence electrons. The van der Waals surface area contributed by atoms with Crippen molar-refractivity contribution >= 4 is 21.8 Å². The smallest absolute Gasteiger partial charge is 0.245 e. The molecular weight excluding hydrogens is 404 g/mol. The largest absolute Gasteiger partial charge is 0.354 e. The third-order valence-electron chi connectivity index (χ3n) is 5.39. The first-order valence-electron chi connectivity index (χ1n) is 10.3. The van der Waals surface area contributed by atoms with Crippen LogP contribution in [-0.4, -0.2) is 50.2 Å². The highest BCUT2D eigenvalue weighted by Gasteiger charge is 2.41. The van der Waals surface area contributed by atoms with Gasteiger partial charge < -0.3 is 10.6 Å². The van der Waals surface area contributed by atoms with Crippen molar-refractivity contribution in [2.45, 2.75) is 62.3 Å². The van der Waals surface area contributed by atoms with Gasteiger partial charge in [-0.1, -0.05) is 32.6 Å². The van der Waals surface area contributed by atoms with Crippen molar-refractivity contribution in [1.29, 1.82) is 5.26 Å². The summed E-state index contributed by atoms with van der Waals surface area (Å²) in [5.74, 6) is -0.705. The number of sulfonamides is 1. The molecule has 0 saturated heterocycles. The van der Waals surface area contributed by atoms with Gasteiger partial charge in [0, 0.05) is 13.6 Å². The van der Waals surface area contributed by atoms with Gasteiger partial charge in [-0.05, 0) is 43.5 Å². The fourth-order valence-electron chi connectivity index (χ4n) is 3.59. The number of nitrogens with one attached hydrogen (secondary N) is 2. The number of carbonyl (C=O) groups excluding carboxylic acids is 2. The van der Waals surface area contributed by atoms with E-state index in [1.54, 1.807) is 0 Å². The molecule has 2 N–H and O–H groups in total. The zero-order valence-electron chi connectivity index (χ0n) is 17.6. The summed E-state index contributed by atoms with van der Waals surface area (Å²) in [4.78, 5) is 25.5. The van der Waals surface area contributed by atoms with E-state index in [0.717, 1.165) is 36.4 Å². The zero-order valence-corrected chi connectivity index (χ0v) is 18.4. The molecule has 0 spiro atoms. The molecule has 1 aromatic carbocycles. The van der Waals surface area contributed by atoms with Crippen molar-refractivity contribution in [3.63, 3.8) is 0 Å². The minimum atomic E-state index is -3.89. The number of amides is 2. The highest BCUT2D eigenvalue weighted by molar-refractivity contribution is 7.89. The van der Waals surface area contributed by atoms with Crippen LogP contribution in [0.4, 0.5) is 0 Å². The predicted octanol–water partition coefficient (Wildman–Crippen LogP) is 1.91. The molecule has 0 heterocycles. The molecule has 0 aromatic heterocycles. The lowest BCUT2D eigenvalue weighted by Crippen LogP contribution is -2.61. The number of nitrogens with zero attached hydrogens (tertiary/aromatic N) is 2. The van der Waals surface area contributed by atoms with Gasteiger partial charge in [0.2, 0.25) is 21.8 Å². The van der Waals surface area contributed by atoms with Gasteiger partial charge in [-0.15, -0.1) is 0 Å². The summed E-state index contributed by atoms with van der Waals surface area (Å²) in [6, 6.07) is 7.44. The van der Waals surface area contributed by atoms with Gasteiger partial charge in [-0.3, -0.25) is 9.59 Å². The predicted molar refractivity (Wildman–Crippen MR) is 113 cm³/mol. The van der Waals surface area contributed by atoms with E-state index in [0.29, 0.717) is 24.9 Å². The van der Waals surface area contributed by atoms with E-state index in [2.05, 4.69) is 10.6 Å². The maximum absolute atomic E-state index is 12.8. The molecule has 9 heteroatoms. The average Bonchev–Trinajstić information content (AvgIpc) is 2.74. The van der Waals surface area contributed by atoms with Gasteiger partial charge in [0.05, 0.1) is 23.1 Å². The van der Waals surface area contributed by atoms with Crippen LogP contribution in [0.15, 0.2) is 29.2 Å². The number of nitriles is 1. The Morgan fingerprint density at radius 1 is 1.17 bits per heavy atom. The Morgan fingerprint density at radius 3 is 2.37 bits per heavy atom. The van der Waals surface area contributed by atoms with Gasteiger partial charge in [0.15, 0.2) is 0 Å². The third-order valence-corrected chi connectivity index (χ3v) is 7.21. The number of benzene rings is 1. The Kier molecular flexibility index (Phi) is 8.38. The highest BCUT2D eigenvalue weighted by Crippen LogP contribution is 2.28. The van der Waals surface area contributed by atoms with Gasteiger partial charge >= 0.3 is 0 Å². The Labute approximate surface area is 178 Å². The molecule has 1 fully saturated rings. The summed E-state index contributed by atoms with van der Waals surface area (Å²) in [5.41, 5.74) is -0.634. The van der Waals surface area contributed by atoms with E-state index >= 15 is 0 Å². The van der Waals surface area contributed by atoms with Crippen LogP contribution >= 0.6 is 0 Å². The molecule has 0 radical (unpaired) electrons. The van der Waals surface area contributed by atoms with Gasteiger partial charge in [-0.25, -0.2) is 8.42 Å². The summed E-state index contributed by atoms with van der Waals surface area (Å²) >= 11 is 0. The summed E-state index contributed by atoms with van der Waals surface area (Å²) in [6.07, 6.45) is 5.58. The van der Waals surface area contributed by atoms with Crippen molar-refractivity contribution in [2.24, 2.45) is 0 Å². The molecule has 1 saturated carbocycles. The fourth-order valence-corrected chi connectivity index (χ4v) is 4.71. The van der Waals surface area contributed by atoms with Crippen LogP contribution in [0.2, 0.25) is 0 Å². The van der Waals surface area contributed by atoms with Crippen molar-refractivity contribution in [2.75, 3.05) is 20.1 Å². The molecule has 30 heavy (non-hydrogen) atoms. The molecule has 2 amide bonds. The molecule has 0 aliphatic heterocycles. The van der Waals surface area contributed by atoms with E-state index in [9.17, 15) is 18.0 Å². The topological polar surface area (TPSA) is 119 Å². The highest BCUT2D eigenvalue weighted by atomic mass is 32.2. The molecule has 1 aliphatic rings. The van der Waals surface area contributed by atoms with Crippen LogP contribution in [0.5, 0.6) is 0 Å². The second-order valence-electron chi connectivity index (χ2n) is 7.70. The third kappa shape index (κ3) is 5.80. The van der Waals surface area contributed by atoms with E-state index in [1.165, 1.54) is 31.3 Å². The van der Waals surface area contributed by atoms with Crippen LogP contribution in [0.1, 0.15) is 57.4 Å². The summed E-state index contributed by atoms with van der Waals surface area (Å²) in [5, 5.41) is 14.6. The Hall–Kier alpha value is -2.44. The van der Waals surface area contributed by atoms with E-state index < -0.39 is 28.0 Å². The molecule has 0 atom stereocenters. The van der Waals surface area contributed by atoms with Gasteiger partial charge in [0.1, 0.15) is 5.54 Å². The maximum atomic E-state index is 12.8. The lowest BCUT2D eigenvalue weighted by atomic mass is 9.80. The molecule has 2 rings (SSSR count). The number of rotatable bonds is 9. The normalized spacial score (nSPS) is 15.9. The maximum Gasteiger partial charge on any atom is 0.245 e. The zero-order chi connectivity index (χ0) is 22.2. The minimum Gasteiger partial charge on any atom is -0.354 e. The van der Waals surface area contributed by atoms with Gasteiger partial charge in [-0.2, -0.15) is 9.57 Å². The van der Waals surface area contributed by atoms with Crippen LogP contribution in [0, 0.1) is 11.3 Å². The lowest BCUT2D eigenvalue weighted by Gasteiger charge is -2.37. The number of carbonyl (C=O) groups is 2. The Morgan fingerprint density at radius 2 is 1.80 bits per heavy atom. The van der Waals surface area contributed by atoms with Gasteiger partial charge in [0.25, 0.3) is 0 Å². The van der Waals surface area contributed by atoms with Crippen molar-refractivity contribution in [3.05, 3.63) is 29.8 Å². The van der Waals surface area contributed by atoms with E-state index in [1.807, 2.05) is 13.0 Å². The number of unbranched alkanes of at least 4 members (excludes halogenated alkanes) is 1. The molecular formula is C21H30N4O4S. The molecule has 1 aliphatic carbocycles. The second kappa shape index (κ2) is 10.5. The quantitative estimate of drug-likeness (QED) is 0.576. The molecule has 0 bridgehead atoms. The van der Waals surface area contributed by atoms with Crippen LogP contribution in [0.25, 0.3) is 0 Å². The minimum absolute atomic E-state index is 0.00138. The van der Waals surface area contributed by atoms with Crippen molar-refractivity contribution in [1.82, 2.24) is 14.9 Å². The Bertz CT molecular complexity index is 885. The first-order chi connectivity index (χ1) is 14.2. The summed E-state index contributed by atoms with van der Waals surface area (Å²) < 4.78 is 26.4. The van der Waals surface area contributed by atoms with Crippen LogP contribution in [-0.2, 0) is 19.6 Å². The summed E-state index contributed by atoms with van der Waals surface area (Å²) in [6.45, 7) is 2.20. The SMILES string of the molecule is CCCCNC(=O)C1(NC(=O)CN(C)S(=O)(=O)c2ccc(C#N)cc2)CCCCC1. The number of likely N-dealkylation sites (N-methyl/N-ethyl adjacent to an activating group) is 1. The van der Waals surface area contributed by atoms with E-state index in [-0.39, 0.29) is 10.8 Å². The van der Waals surface area contributed by atoms with Crippen LogP contribution in [0.3, 0.4) is 0 Å². The number of hydrogen-bond acceptors (Lipinski definition) is 5. The molecule has 0 unspecified atom stereocenters. The first-order valence-corrected chi connectivity index (χ1v) is 11.7. The Balaban J connectivity index is 2.08. The standard InChI is InChI=1S/C21H30N4O4S/c1-3-4-14-23-20(27)21(12-6-5-7-13-21)24-19(26)16-25(2)30(28,29)18-10-8-17(15-22)9-11-18/h8-11H,3-7,12-14,16H2,1-2H3,(H,23,27)(H,24,26). The molecule has 8 nitrogen and oxygen atoms in total. The van der Waals surface area contributed by atoms with E-state index in [4.69, 9.17) is 5.26 Å². The van der Waals surface area contributed by atoms with Crippen molar-refractivity contribution in [3.8, 4) is 6.07 Å². The van der Waals surface area contributed by atoms with Crippen LogP contribution < -0.4 is 10.6 Å². The first kappa shape index (κ1) is 23.8. The summed E-state index contributed by atoms with van der Waals surface area (Å²) in [7, 11) is -2.57. The lowest BCUT2D eigenvalue weighted by molar-refractivity contribution is -0.135. The monoisotopic (exact) mass is 434 g/mol. The second-order valence-corrected chi connectivity index (χ2v) is 9.74.